The molecule has 0 aromatic rings. The number of nitrogens with one attached hydrogen (secondary N) is 1. The van der Waals surface area contributed by atoms with Gasteiger partial charge in [0.1, 0.15) is 11.1 Å². The summed E-state index contributed by atoms with van der Waals surface area (Å²) in [5.41, 5.74) is -1.43. The van der Waals surface area contributed by atoms with Crippen LogP contribution in [0.2, 0.25) is 0 Å². The van der Waals surface area contributed by atoms with E-state index in [1.807, 2.05) is 13.8 Å². The van der Waals surface area contributed by atoms with Crippen LogP contribution in [0.1, 0.15) is 52.9 Å². The van der Waals surface area contributed by atoms with Gasteiger partial charge in [-0.3, -0.25) is 9.59 Å². The molecule has 1 spiro atoms. The highest BCUT2D eigenvalue weighted by Gasteiger charge is 2.55. The van der Waals surface area contributed by atoms with Crippen molar-refractivity contribution in [1.82, 2.24) is 10.2 Å². The summed E-state index contributed by atoms with van der Waals surface area (Å²) in [6.45, 7) is 7.34. The van der Waals surface area contributed by atoms with Gasteiger partial charge in [0.25, 0.3) is 0 Å². The summed E-state index contributed by atoms with van der Waals surface area (Å²) >= 11 is 0. The third kappa shape index (κ3) is 2.55. The van der Waals surface area contributed by atoms with E-state index >= 15 is 0 Å². The van der Waals surface area contributed by atoms with E-state index in [0.29, 0.717) is 19.8 Å². The molecule has 1 heterocycles. The molecule has 0 radical (unpaired) electrons. The second-order valence-electron chi connectivity index (χ2n) is 6.37. The number of carbonyl (C=O) groups is 2. The summed E-state index contributed by atoms with van der Waals surface area (Å²) in [5, 5.41) is 2.99. The molecule has 2 amide bonds. The fraction of sp³-hybridized carbons (Fsp3) is 0.867. The van der Waals surface area contributed by atoms with Crippen LogP contribution in [-0.2, 0) is 14.3 Å². The molecule has 2 aliphatic rings. The molecule has 5 nitrogen and oxygen atoms in total. The fourth-order valence-corrected chi connectivity index (χ4v) is 3.16. The van der Waals surface area contributed by atoms with Gasteiger partial charge >= 0.3 is 0 Å². The summed E-state index contributed by atoms with van der Waals surface area (Å²) in [6, 6.07) is 0. The molecule has 1 aliphatic carbocycles. The van der Waals surface area contributed by atoms with Gasteiger partial charge in [0.05, 0.1) is 6.61 Å². The minimum atomic E-state index is -0.791. The predicted molar refractivity (Wildman–Crippen MR) is 76.2 cm³/mol. The first-order valence-corrected chi connectivity index (χ1v) is 7.66. The van der Waals surface area contributed by atoms with Crippen molar-refractivity contribution in [2.45, 2.75) is 64.0 Å². The van der Waals surface area contributed by atoms with Crippen molar-refractivity contribution in [3.8, 4) is 0 Å². The van der Waals surface area contributed by atoms with Crippen LogP contribution in [0.5, 0.6) is 0 Å². The van der Waals surface area contributed by atoms with Crippen LogP contribution < -0.4 is 5.32 Å². The summed E-state index contributed by atoms with van der Waals surface area (Å²) in [6.07, 6.45) is 4.50. The van der Waals surface area contributed by atoms with E-state index in [0.717, 1.165) is 32.1 Å². The fourth-order valence-electron chi connectivity index (χ4n) is 3.16. The second-order valence-corrected chi connectivity index (χ2v) is 6.37. The highest BCUT2D eigenvalue weighted by molar-refractivity contribution is 6.02. The van der Waals surface area contributed by atoms with Crippen LogP contribution in [-0.4, -0.2) is 47.6 Å². The van der Waals surface area contributed by atoms with Gasteiger partial charge in [0.15, 0.2) is 0 Å². The molecule has 1 N–H and O–H groups in total. The molecule has 20 heavy (non-hydrogen) atoms. The molecule has 0 bridgehead atoms. The summed E-state index contributed by atoms with van der Waals surface area (Å²) < 4.78 is 5.49. The van der Waals surface area contributed by atoms with E-state index in [2.05, 4.69) is 12.2 Å². The van der Waals surface area contributed by atoms with E-state index in [4.69, 9.17) is 4.74 Å². The Hall–Kier alpha value is -1.10. The lowest BCUT2D eigenvalue weighted by Gasteiger charge is -2.48. The summed E-state index contributed by atoms with van der Waals surface area (Å²) in [5.74, 6) is 0.0224. The lowest BCUT2D eigenvalue weighted by Crippen LogP contribution is -2.73. The van der Waals surface area contributed by atoms with Crippen LogP contribution in [0.3, 0.4) is 0 Å². The van der Waals surface area contributed by atoms with Crippen molar-refractivity contribution in [2.75, 3.05) is 19.8 Å². The zero-order valence-electron chi connectivity index (χ0n) is 12.8. The van der Waals surface area contributed by atoms with Crippen molar-refractivity contribution in [2.24, 2.45) is 0 Å². The van der Waals surface area contributed by atoms with Crippen molar-refractivity contribution in [1.29, 1.82) is 0 Å². The Morgan fingerprint density at radius 1 is 1.20 bits per heavy atom. The maximum absolute atomic E-state index is 12.8. The van der Waals surface area contributed by atoms with Gasteiger partial charge in [0, 0.05) is 13.2 Å². The number of piperazine rings is 1. The first kappa shape index (κ1) is 15.3. The van der Waals surface area contributed by atoms with E-state index in [9.17, 15) is 9.59 Å². The maximum Gasteiger partial charge on any atom is 0.249 e. The average molecular weight is 282 g/mol. The largest absolute Gasteiger partial charge is 0.380 e. The molecule has 1 saturated carbocycles. The number of hydrogen-bond donors (Lipinski definition) is 1. The van der Waals surface area contributed by atoms with Crippen LogP contribution in [0.15, 0.2) is 0 Å². The van der Waals surface area contributed by atoms with Gasteiger partial charge in [0.2, 0.25) is 11.8 Å². The molecular weight excluding hydrogens is 256 g/mol. The number of rotatable bonds is 5. The minimum absolute atomic E-state index is 0.0468. The van der Waals surface area contributed by atoms with Crippen molar-refractivity contribution in [3.05, 3.63) is 0 Å². The lowest BCUT2D eigenvalue weighted by molar-refractivity contribution is -0.161. The number of amides is 2. The molecule has 2 rings (SSSR count). The first-order valence-electron chi connectivity index (χ1n) is 7.66. The van der Waals surface area contributed by atoms with Crippen LogP contribution in [0.25, 0.3) is 0 Å². The van der Waals surface area contributed by atoms with Crippen LogP contribution in [0.4, 0.5) is 0 Å². The molecule has 5 heteroatoms. The van der Waals surface area contributed by atoms with Gasteiger partial charge in [-0.1, -0.05) is 19.8 Å². The highest BCUT2D eigenvalue weighted by atomic mass is 16.5. The number of hydrogen-bond acceptors (Lipinski definition) is 3. The number of nitrogens with zero attached hydrogens (tertiary/aromatic N) is 1. The standard InChI is InChI=1S/C15H26N2O3/c1-4-10-20-11-9-17-13(19)15(7-5-6-8-15)16-12(18)14(17,2)3/h4-11H2,1-3H3,(H,16,18). The topological polar surface area (TPSA) is 58.6 Å². The van der Waals surface area contributed by atoms with Gasteiger partial charge in [-0.15, -0.1) is 0 Å². The minimum Gasteiger partial charge on any atom is -0.380 e. The number of carbonyl (C=O) groups excluding carboxylic acids is 2. The third-order valence-corrected chi connectivity index (χ3v) is 4.50. The first-order chi connectivity index (χ1) is 9.44. The normalized spacial score (nSPS) is 24.2. The monoisotopic (exact) mass is 282 g/mol. The van der Waals surface area contributed by atoms with E-state index in [1.165, 1.54) is 0 Å². The molecule has 2 fully saturated rings. The Kier molecular flexibility index (Phi) is 4.37. The van der Waals surface area contributed by atoms with Gasteiger partial charge in [-0.25, -0.2) is 0 Å². The molecule has 0 unspecified atom stereocenters. The Labute approximate surface area is 121 Å². The molecule has 1 aliphatic heterocycles. The molecular formula is C15H26N2O3. The Morgan fingerprint density at radius 2 is 1.85 bits per heavy atom. The smallest absolute Gasteiger partial charge is 0.249 e. The lowest BCUT2D eigenvalue weighted by atomic mass is 9.86. The summed E-state index contributed by atoms with van der Waals surface area (Å²) in [7, 11) is 0. The molecule has 1 saturated heterocycles. The predicted octanol–water partition coefficient (Wildman–Crippen LogP) is 1.46. The Balaban J connectivity index is 2.11. The molecule has 0 aromatic heterocycles. The van der Waals surface area contributed by atoms with Crippen molar-refractivity contribution >= 4 is 11.8 Å². The Bertz CT molecular complexity index is 387. The SMILES string of the molecule is CCCOCCN1C(=O)C2(CCCC2)NC(=O)C1(C)C. The van der Waals surface area contributed by atoms with E-state index in [-0.39, 0.29) is 11.8 Å². The van der Waals surface area contributed by atoms with Gasteiger partial charge < -0.3 is 15.0 Å². The van der Waals surface area contributed by atoms with E-state index in [1.54, 1.807) is 4.90 Å². The van der Waals surface area contributed by atoms with Gasteiger partial charge in [-0.2, -0.15) is 0 Å². The maximum atomic E-state index is 12.8. The summed E-state index contributed by atoms with van der Waals surface area (Å²) in [4.78, 5) is 26.9. The zero-order chi connectivity index (χ0) is 14.8. The average Bonchev–Trinajstić information content (AvgIpc) is 2.86. The second kappa shape index (κ2) is 5.72. The number of ether oxygens (including phenoxy) is 1. The molecule has 114 valence electrons. The van der Waals surface area contributed by atoms with Gasteiger partial charge in [-0.05, 0) is 33.1 Å². The van der Waals surface area contributed by atoms with Crippen LogP contribution in [0, 0.1) is 0 Å². The Morgan fingerprint density at radius 3 is 2.45 bits per heavy atom. The van der Waals surface area contributed by atoms with Crippen molar-refractivity contribution < 1.29 is 14.3 Å². The molecule has 0 atom stereocenters. The highest BCUT2D eigenvalue weighted by Crippen LogP contribution is 2.37. The third-order valence-electron chi connectivity index (χ3n) is 4.50. The van der Waals surface area contributed by atoms with Crippen molar-refractivity contribution in [3.63, 3.8) is 0 Å². The zero-order valence-corrected chi connectivity index (χ0v) is 12.8. The quantitative estimate of drug-likeness (QED) is 0.777. The van der Waals surface area contributed by atoms with E-state index < -0.39 is 11.1 Å². The van der Waals surface area contributed by atoms with Crippen LogP contribution >= 0.6 is 0 Å². The molecule has 0 aromatic carbocycles.